The van der Waals surface area contributed by atoms with Gasteiger partial charge in [-0.2, -0.15) is 32.0 Å². The van der Waals surface area contributed by atoms with Crippen LogP contribution in [-0.2, 0) is 4.74 Å². The minimum absolute atomic E-state index is 0. The van der Waals surface area contributed by atoms with Crippen LogP contribution in [0.4, 0.5) is 5.82 Å². The molecule has 0 unspecified atom stereocenters. The number of nitrogens with zero attached hydrogens (tertiary/aromatic N) is 2. The standard InChI is InChI=1S/C10H15N3O5.2H2S/c1-4(14)8-6(15)7(16)9(18-8)13-3-2-5(11)12-10(13)17;;/h2-4,6-9,14-16H,1H3,(H2,11,12,17);2*1H2/t4-,6+,7+,8-,9-;;/m1../s1. The molecule has 116 valence electrons. The second-order valence-corrected chi connectivity index (χ2v) is 4.26. The van der Waals surface area contributed by atoms with E-state index in [2.05, 4.69) is 4.98 Å². The lowest BCUT2D eigenvalue weighted by molar-refractivity contribution is -0.0803. The van der Waals surface area contributed by atoms with Gasteiger partial charge in [-0.1, -0.05) is 0 Å². The van der Waals surface area contributed by atoms with Crippen molar-refractivity contribution in [1.29, 1.82) is 0 Å². The molecule has 1 aliphatic heterocycles. The van der Waals surface area contributed by atoms with Crippen molar-refractivity contribution < 1.29 is 20.1 Å². The third-order valence-corrected chi connectivity index (χ3v) is 2.88. The lowest BCUT2D eigenvalue weighted by Gasteiger charge is -2.17. The fraction of sp³-hybridized carbons (Fsp3) is 0.600. The zero-order valence-corrected chi connectivity index (χ0v) is 12.7. The summed E-state index contributed by atoms with van der Waals surface area (Å²) < 4.78 is 6.31. The molecular formula is C10H19N3O5S2. The first-order chi connectivity index (χ1) is 8.41. The first-order valence-electron chi connectivity index (χ1n) is 5.46. The normalized spacial score (nSPS) is 30.2. The highest BCUT2D eigenvalue weighted by Gasteiger charge is 2.46. The van der Waals surface area contributed by atoms with Gasteiger partial charge in [-0.05, 0) is 13.0 Å². The summed E-state index contributed by atoms with van der Waals surface area (Å²) in [5, 5.41) is 28.9. The minimum Gasteiger partial charge on any atom is -0.391 e. The fourth-order valence-electron chi connectivity index (χ4n) is 1.93. The minimum atomic E-state index is -1.33. The molecule has 5 N–H and O–H groups in total. The molecule has 2 heterocycles. The highest BCUT2D eigenvalue weighted by molar-refractivity contribution is 7.59. The Morgan fingerprint density at radius 1 is 1.40 bits per heavy atom. The van der Waals surface area contributed by atoms with Crippen LogP contribution >= 0.6 is 27.0 Å². The Morgan fingerprint density at radius 2 is 2.00 bits per heavy atom. The van der Waals surface area contributed by atoms with Gasteiger partial charge in [0, 0.05) is 6.20 Å². The molecule has 0 amide bonds. The number of anilines is 1. The summed E-state index contributed by atoms with van der Waals surface area (Å²) in [6.45, 7) is 1.42. The van der Waals surface area contributed by atoms with Gasteiger partial charge < -0.3 is 25.8 Å². The average molecular weight is 325 g/mol. The van der Waals surface area contributed by atoms with Gasteiger partial charge in [0.15, 0.2) is 6.23 Å². The number of aromatic nitrogens is 2. The molecule has 1 saturated heterocycles. The third kappa shape index (κ3) is 3.45. The van der Waals surface area contributed by atoms with E-state index in [-0.39, 0.29) is 32.8 Å². The van der Waals surface area contributed by atoms with E-state index < -0.39 is 36.3 Å². The predicted molar refractivity (Wildman–Crippen MR) is 81.3 cm³/mol. The molecule has 5 atom stereocenters. The van der Waals surface area contributed by atoms with E-state index in [1.165, 1.54) is 19.2 Å². The molecule has 1 aromatic heterocycles. The molecule has 0 aliphatic carbocycles. The number of aliphatic hydroxyl groups excluding tert-OH is 3. The second-order valence-electron chi connectivity index (χ2n) is 4.26. The lowest BCUT2D eigenvalue weighted by Crippen LogP contribution is -2.38. The van der Waals surface area contributed by atoms with Crippen LogP contribution in [0.1, 0.15) is 13.2 Å². The van der Waals surface area contributed by atoms with Crippen LogP contribution in [-0.4, -0.2) is 49.3 Å². The predicted octanol–water partition coefficient (Wildman–Crippen LogP) is -1.95. The van der Waals surface area contributed by atoms with Gasteiger partial charge in [0.1, 0.15) is 24.1 Å². The van der Waals surface area contributed by atoms with Crippen LogP contribution < -0.4 is 11.4 Å². The highest BCUT2D eigenvalue weighted by Crippen LogP contribution is 2.29. The third-order valence-electron chi connectivity index (χ3n) is 2.88. The molecule has 1 aliphatic rings. The van der Waals surface area contributed by atoms with Crippen molar-refractivity contribution >= 4 is 32.8 Å². The lowest BCUT2D eigenvalue weighted by atomic mass is 10.1. The van der Waals surface area contributed by atoms with Crippen LogP contribution in [0.15, 0.2) is 17.1 Å². The van der Waals surface area contributed by atoms with Gasteiger partial charge >= 0.3 is 5.69 Å². The molecular weight excluding hydrogens is 306 g/mol. The molecule has 0 saturated carbocycles. The van der Waals surface area contributed by atoms with E-state index in [1.54, 1.807) is 0 Å². The van der Waals surface area contributed by atoms with E-state index in [1.807, 2.05) is 0 Å². The topological polar surface area (TPSA) is 131 Å². The van der Waals surface area contributed by atoms with E-state index in [9.17, 15) is 20.1 Å². The maximum atomic E-state index is 11.6. The fourth-order valence-corrected chi connectivity index (χ4v) is 1.93. The summed E-state index contributed by atoms with van der Waals surface area (Å²) in [6, 6.07) is 1.37. The second kappa shape index (κ2) is 7.29. The average Bonchev–Trinajstić information content (AvgIpc) is 2.57. The van der Waals surface area contributed by atoms with Crippen LogP contribution in [0.5, 0.6) is 0 Å². The molecule has 0 radical (unpaired) electrons. The van der Waals surface area contributed by atoms with Crippen LogP contribution in [0.2, 0.25) is 0 Å². The van der Waals surface area contributed by atoms with Crippen molar-refractivity contribution in [3.63, 3.8) is 0 Å². The van der Waals surface area contributed by atoms with Gasteiger partial charge in [-0.15, -0.1) is 0 Å². The Bertz CT molecular complexity index is 498. The van der Waals surface area contributed by atoms with E-state index in [4.69, 9.17) is 10.5 Å². The smallest absolute Gasteiger partial charge is 0.351 e. The summed E-state index contributed by atoms with van der Waals surface area (Å²) in [7, 11) is 0. The SMILES string of the molecule is C[C@@H](O)[C@H]1O[C@@H](n2ccc(N)nc2=O)[C@@H](O)[C@@H]1O.S.S. The molecule has 1 fully saturated rings. The summed E-state index contributed by atoms with van der Waals surface area (Å²) >= 11 is 0. The number of rotatable bonds is 2. The summed E-state index contributed by atoms with van der Waals surface area (Å²) in [5.41, 5.74) is 4.65. The highest BCUT2D eigenvalue weighted by atomic mass is 32.1. The molecule has 0 spiro atoms. The Balaban J connectivity index is 0.00000180. The van der Waals surface area contributed by atoms with Crippen molar-refractivity contribution in [2.75, 3.05) is 5.73 Å². The van der Waals surface area contributed by atoms with Crippen LogP contribution in [0.25, 0.3) is 0 Å². The van der Waals surface area contributed by atoms with Crippen LogP contribution in [0, 0.1) is 0 Å². The maximum absolute atomic E-state index is 11.6. The molecule has 1 aromatic rings. The molecule has 20 heavy (non-hydrogen) atoms. The first-order valence-corrected chi connectivity index (χ1v) is 5.46. The zero-order chi connectivity index (χ0) is 13.4. The van der Waals surface area contributed by atoms with Crippen molar-refractivity contribution in [3.8, 4) is 0 Å². The quantitative estimate of drug-likeness (QED) is 0.497. The van der Waals surface area contributed by atoms with Gasteiger partial charge in [0.2, 0.25) is 0 Å². The number of aliphatic hydroxyl groups is 3. The van der Waals surface area contributed by atoms with Crippen molar-refractivity contribution in [2.45, 2.75) is 37.6 Å². The Kier molecular flexibility index (Phi) is 7.01. The van der Waals surface area contributed by atoms with E-state index >= 15 is 0 Å². The van der Waals surface area contributed by atoms with Gasteiger partial charge in [-0.3, -0.25) is 4.57 Å². The zero-order valence-electron chi connectivity index (χ0n) is 10.7. The Labute approximate surface area is 129 Å². The molecule has 10 heteroatoms. The Morgan fingerprint density at radius 3 is 2.45 bits per heavy atom. The van der Waals surface area contributed by atoms with Crippen LogP contribution in [0.3, 0.4) is 0 Å². The van der Waals surface area contributed by atoms with Gasteiger partial charge in [0.25, 0.3) is 0 Å². The molecule has 8 nitrogen and oxygen atoms in total. The summed E-state index contributed by atoms with van der Waals surface area (Å²) in [5.74, 6) is 0.0522. The molecule has 0 bridgehead atoms. The molecule has 2 rings (SSSR count). The van der Waals surface area contributed by atoms with E-state index in [0.717, 1.165) is 4.57 Å². The number of hydrogen-bond acceptors (Lipinski definition) is 7. The maximum Gasteiger partial charge on any atom is 0.351 e. The Hall–Kier alpha value is -0.780. The summed E-state index contributed by atoms with van der Waals surface area (Å²) in [4.78, 5) is 15.1. The number of nitrogens with two attached hydrogens (primary N) is 1. The largest absolute Gasteiger partial charge is 0.391 e. The van der Waals surface area contributed by atoms with E-state index in [0.29, 0.717) is 0 Å². The monoisotopic (exact) mass is 325 g/mol. The van der Waals surface area contributed by atoms with Crippen molar-refractivity contribution in [2.24, 2.45) is 0 Å². The summed E-state index contributed by atoms with van der Waals surface area (Å²) in [6.07, 6.45) is -4.32. The molecule has 0 aromatic carbocycles. The van der Waals surface area contributed by atoms with Gasteiger partial charge in [-0.25, -0.2) is 4.79 Å². The van der Waals surface area contributed by atoms with Crippen molar-refractivity contribution in [1.82, 2.24) is 9.55 Å². The number of hydrogen-bond donors (Lipinski definition) is 4. The van der Waals surface area contributed by atoms with Crippen molar-refractivity contribution in [3.05, 3.63) is 22.7 Å². The van der Waals surface area contributed by atoms with Gasteiger partial charge in [0.05, 0.1) is 6.10 Å². The number of ether oxygens (including phenoxy) is 1. The first kappa shape index (κ1) is 19.2. The number of nitrogen functional groups attached to an aromatic ring is 1.